The van der Waals surface area contributed by atoms with Crippen LogP contribution in [0, 0.1) is 0 Å². The molecule has 3 rings (SSSR count). The minimum atomic E-state index is -0.825. The van der Waals surface area contributed by atoms with Crippen LogP contribution in [0.3, 0.4) is 0 Å². The van der Waals surface area contributed by atoms with Gasteiger partial charge in [0.1, 0.15) is 21.9 Å². The highest BCUT2D eigenvalue weighted by Gasteiger charge is 2.16. The van der Waals surface area contributed by atoms with Crippen molar-refractivity contribution in [2.24, 2.45) is 0 Å². The van der Waals surface area contributed by atoms with Gasteiger partial charge < -0.3 is 14.8 Å². The van der Waals surface area contributed by atoms with Gasteiger partial charge in [0.05, 0.1) is 13.0 Å². The first-order valence-electron chi connectivity index (χ1n) is 6.36. The molecule has 6 heteroatoms. The molecular formula is C14H13BrN2O3. The normalized spacial score (nSPS) is 13.1. The van der Waals surface area contributed by atoms with Crippen LogP contribution < -0.4 is 4.74 Å². The third kappa shape index (κ3) is 2.56. The lowest BCUT2D eigenvalue weighted by Gasteiger charge is -2.02. The summed E-state index contributed by atoms with van der Waals surface area (Å²) in [5, 5.41) is 8.71. The minimum absolute atomic E-state index is 0.0669. The fraction of sp³-hybridized carbons (Fsp3) is 0.286. The average molecular weight is 337 g/mol. The van der Waals surface area contributed by atoms with Crippen molar-refractivity contribution >= 4 is 21.9 Å². The molecule has 0 atom stereocenters. The predicted octanol–water partition coefficient (Wildman–Crippen LogP) is 2.79. The Balaban J connectivity index is 1.88. The Morgan fingerprint density at radius 2 is 2.35 bits per heavy atom. The molecule has 0 saturated heterocycles. The van der Waals surface area contributed by atoms with E-state index in [0.717, 1.165) is 34.6 Å². The molecule has 1 aliphatic heterocycles. The number of fused-ring (bicyclic) bond motifs is 1. The van der Waals surface area contributed by atoms with Crippen LogP contribution in [0.15, 0.2) is 22.8 Å². The molecule has 2 heterocycles. The molecule has 0 aliphatic carbocycles. The molecule has 20 heavy (non-hydrogen) atoms. The summed E-state index contributed by atoms with van der Waals surface area (Å²) in [6, 6.07) is 5.99. The van der Waals surface area contributed by atoms with Crippen LogP contribution in [0.2, 0.25) is 0 Å². The zero-order valence-corrected chi connectivity index (χ0v) is 12.2. The van der Waals surface area contributed by atoms with Crippen LogP contribution >= 0.6 is 15.9 Å². The quantitative estimate of drug-likeness (QED) is 0.900. The monoisotopic (exact) mass is 336 g/mol. The molecule has 0 unspecified atom stereocenters. The van der Waals surface area contributed by atoms with Gasteiger partial charge in [-0.05, 0) is 39.7 Å². The van der Waals surface area contributed by atoms with Crippen molar-refractivity contribution in [1.82, 2.24) is 9.97 Å². The van der Waals surface area contributed by atoms with Gasteiger partial charge >= 0.3 is 5.97 Å². The van der Waals surface area contributed by atoms with Gasteiger partial charge in [0, 0.05) is 18.4 Å². The number of aliphatic carboxylic acids is 1. The van der Waals surface area contributed by atoms with Crippen LogP contribution in [0.25, 0.3) is 11.3 Å². The van der Waals surface area contributed by atoms with E-state index in [2.05, 4.69) is 32.0 Å². The van der Waals surface area contributed by atoms with Crippen molar-refractivity contribution in [3.63, 3.8) is 0 Å². The summed E-state index contributed by atoms with van der Waals surface area (Å²) in [5.74, 6) is 0.784. The number of aromatic nitrogens is 2. The van der Waals surface area contributed by atoms with Gasteiger partial charge in [-0.3, -0.25) is 4.79 Å². The van der Waals surface area contributed by atoms with Crippen LogP contribution in [0.1, 0.15) is 17.8 Å². The SMILES string of the molecule is O=C(O)CCc1nc(-c2ccc3c(c2)CCO3)c(Br)[nH]1. The second-order valence-electron chi connectivity index (χ2n) is 4.66. The Hall–Kier alpha value is -1.82. The average Bonchev–Trinajstić information content (AvgIpc) is 3.01. The third-order valence-electron chi connectivity index (χ3n) is 3.25. The van der Waals surface area contributed by atoms with Crippen molar-refractivity contribution in [3.05, 3.63) is 34.2 Å². The zero-order chi connectivity index (χ0) is 14.1. The second kappa shape index (κ2) is 5.28. The van der Waals surface area contributed by atoms with Gasteiger partial charge in [-0.2, -0.15) is 0 Å². The summed E-state index contributed by atoms with van der Waals surface area (Å²) in [6.45, 7) is 0.727. The number of aryl methyl sites for hydroxylation is 1. The van der Waals surface area contributed by atoms with Gasteiger partial charge in [0.15, 0.2) is 0 Å². The molecule has 0 fully saturated rings. The van der Waals surface area contributed by atoms with E-state index in [1.54, 1.807) is 0 Å². The molecule has 0 radical (unpaired) electrons. The Labute approximate surface area is 124 Å². The lowest BCUT2D eigenvalue weighted by atomic mass is 10.1. The second-order valence-corrected chi connectivity index (χ2v) is 5.45. The van der Waals surface area contributed by atoms with E-state index in [1.165, 1.54) is 5.56 Å². The number of H-pyrrole nitrogens is 1. The molecule has 0 saturated carbocycles. The third-order valence-corrected chi connectivity index (χ3v) is 3.82. The number of ether oxygens (including phenoxy) is 1. The van der Waals surface area contributed by atoms with Crippen molar-refractivity contribution in [2.45, 2.75) is 19.3 Å². The Morgan fingerprint density at radius 1 is 1.50 bits per heavy atom. The first kappa shape index (κ1) is 13.2. The van der Waals surface area contributed by atoms with E-state index in [4.69, 9.17) is 9.84 Å². The summed E-state index contributed by atoms with van der Waals surface area (Å²) < 4.78 is 6.26. The van der Waals surface area contributed by atoms with Crippen molar-refractivity contribution < 1.29 is 14.6 Å². The fourth-order valence-corrected chi connectivity index (χ4v) is 2.81. The largest absolute Gasteiger partial charge is 0.493 e. The molecule has 0 spiro atoms. The molecule has 1 aliphatic rings. The number of carboxylic acids is 1. The fourth-order valence-electron chi connectivity index (χ4n) is 2.27. The number of hydrogen-bond acceptors (Lipinski definition) is 3. The Kier molecular flexibility index (Phi) is 3.48. The topological polar surface area (TPSA) is 75.2 Å². The van der Waals surface area contributed by atoms with Crippen molar-refractivity contribution in [3.8, 4) is 17.0 Å². The molecule has 2 N–H and O–H groups in total. The number of aromatic amines is 1. The number of imidazole rings is 1. The highest BCUT2D eigenvalue weighted by molar-refractivity contribution is 9.10. The van der Waals surface area contributed by atoms with Crippen molar-refractivity contribution in [2.75, 3.05) is 6.61 Å². The van der Waals surface area contributed by atoms with E-state index < -0.39 is 5.97 Å². The number of benzene rings is 1. The number of hydrogen-bond donors (Lipinski definition) is 2. The van der Waals surface area contributed by atoms with Crippen LogP contribution in [0.4, 0.5) is 0 Å². The van der Waals surface area contributed by atoms with Crippen LogP contribution in [-0.2, 0) is 17.6 Å². The van der Waals surface area contributed by atoms with Gasteiger partial charge in [0.25, 0.3) is 0 Å². The first-order valence-corrected chi connectivity index (χ1v) is 7.15. The zero-order valence-electron chi connectivity index (χ0n) is 10.6. The first-order chi connectivity index (χ1) is 9.63. The van der Waals surface area contributed by atoms with E-state index in [-0.39, 0.29) is 6.42 Å². The smallest absolute Gasteiger partial charge is 0.303 e. The van der Waals surface area contributed by atoms with E-state index >= 15 is 0 Å². The minimum Gasteiger partial charge on any atom is -0.493 e. The Morgan fingerprint density at radius 3 is 3.15 bits per heavy atom. The summed E-state index contributed by atoms with van der Waals surface area (Å²) >= 11 is 3.44. The highest BCUT2D eigenvalue weighted by Crippen LogP contribution is 2.32. The number of carbonyl (C=O) groups is 1. The molecule has 2 aromatic rings. The number of rotatable bonds is 4. The van der Waals surface area contributed by atoms with Gasteiger partial charge in [0.2, 0.25) is 0 Å². The van der Waals surface area contributed by atoms with Crippen molar-refractivity contribution in [1.29, 1.82) is 0 Å². The number of halogens is 1. The molecular weight excluding hydrogens is 324 g/mol. The highest BCUT2D eigenvalue weighted by atomic mass is 79.9. The van der Waals surface area contributed by atoms with Crippen LogP contribution in [-0.4, -0.2) is 27.7 Å². The van der Waals surface area contributed by atoms with E-state index in [9.17, 15) is 4.79 Å². The number of carboxylic acid groups (broad SMARTS) is 1. The standard InChI is InChI=1S/C14H13BrN2O3/c15-14-13(16-11(17-14)3-4-12(18)19)9-1-2-10-8(7-9)5-6-20-10/h1-2,7H,3-6H2,(H,16,17)(H,18,19). The molecule has 0 bridgehead atoms. The summed E-state index contributed by atoms with van der Waals surface area (Å²) in [4.78, 5) is 18.1. The molecule has 1 aromatic carbocycles. The molecule has 0 amide bonds. The van der Waals surface area contributed by atoms with Gasteiger partial charge in [-0.15, -0.1) is 0 Å². The number of nitrogens with zero attached hydrogens (tertiary/aromatic N) is 1. The maximum Gasteiger partial charge on any atom is 0.303 e. The summed E-state index contributed by atoms with van der Waals surface area (Å²) in [7, 11) is 0. The summed E-state index contributed by atoms with van der Waals surface area (Å²) in [5.41, 5.74) is 2.99. The number of nitrogens with one attached hydrogen (secondary N) is 1. The molecule has 104 valence electrons. The predicted molar refractivity (Wildman–Crippen MR) is 76.9 cm³/mol. The Bertz CT molecular complexity index is 666. The van der Waals surface area contributed by atoms with E-state index in [0.29, 0.717) is 12.2 Å². The lowest BCUT2D eigenvalue weighted by Crippen LogP contribution is -1.98. The van der Waals surface area contributed by atoms with Crippen LogP contribution in [0.5, 0.6) is 5.75 Å². The molecule has 1 aromatic heterocycles. The van der Waals surface area contributed by atoms with Gasteiger partial charge in [-0.1, -0.05) is 0 Å². The van der Waals surface area contributed by atoms with E-state index in [1.807, 2.05) is 12.1 Å². The maximum absolute atomic E-state index is 10.6. The maximum atomic E-state index is 10.6. The lowest BCUT2D eigenvalue weighted by molar-refractivity contribution is -0.137. The van der Waals surface area contributed by atoms with Gasteiger partial charge in [-0.25, -0.2) is 4.98 Å². The molecule has 5 nitrogen and oxygen atoms in total. The summed E-state index contributed by atoms with van der Waals surface area (Å²) in [6.07, 6.45) is 1.37.